The van der Waals surface area contributed by atoms with Gasteiger partial charge in [0.05, 0.1) is 6.10 Å². The molecule has 0 saturated carbocycles. The van der Waals surface area contributed by atoms with Gasteiger partial charge in [0.25, 0.3) is 0 Å². The highest BCUT2D eigenvalue weighted by Crippen LogP contribution is 2.33. The summed E-state index contributed by atoms with van der Waals surface area (Å²) < 4.78 is 11.5. The van der Waals surface area contributed by atoms with Gasteiger partial charge in [0, 0.05) is 45.2 Å². The lowest BCUT2D eigenvalue weighted by Gasteiger charge is -2.35. The van der Waals surface area contributed by atoms with E-state index in [0.29, 0.717) is 12.5 Å². The van der Waals surface area contributed by atoms with Crippen LogP contribution in [-0.4, -0.2) is 61.9 Å². The van der Waals surface area contributed by atoms with Crippen molar-refractivity contribution in [3.63, 3.8) is 0 Å². The molecule has 2 aliphatic rings. The fourth-order valence-corrected chi connectivity index (χ4v) is 4.06. The summed E-state index contributed by atoms with van der Waals surface area (Å²) in [7, 11) is 1.78. The molecule has 2 N–H and O–H groups in total. The van der Waals surface area contributed by atoms with Crippen molar-refractivity contribution in [1.82, 2.24) is 15.5 Å². The van der Waals surface area contributed by atoms with Gasteiger partial charge in [-0.3, -0.25) is 4.99 Å². The smallest absolute Gasteiger partial charge is 0.410 e. The summed E-state index contributed by atoms with van der Waals surface area (Å²) in [5, 5.41) is 6.95. The first-order valence-corrected chi connectivity index (χ1v) is 11.0. The minimum Gasteiger partial charge on any atom is -0.444 e. The van der Waals surface area contributed by atoms with Crippen LogP contribution in [0.2, 0.25) is 0 Å². The lowest BCUT2D eigenvalue weighted by Crippen LogP contribution is -2.53. The van der Waals surface area contributed by atoms with Gasteiger partial charge in [-0.2, -0.15) is 0 Å². The van der Waals surface area contributed by atoms with Crippen LogP contribution < -0.4 is 10.6 Å². The van der Waals surface area contributed by atoms with Crippen molar-refractivity contribution in [1.29, 1.82) is 0 Å². The fraction of sp³-hybridized carbons (Fsp3) is 0.652. The van der Waals surface area contributed by atoms with E-state index in [2.05, 4.69) is 39.9 Å². The molecule has 7 nitrogen and oxygen atoms in total. The molecule has 1 aromatic rings. The third-order valence-electron chi connectivity index (χ3n) is 5.51. The number of piperidine rings is 1. The number of hydrogen-bond donors (Lipinski definition) is 2. The maximum Gasteiger partial charge on any atom is 0.410 e. The topological polar surface area (TPSA) is 75.2 Å². The van der Waals surface area contributed by atoms with Gasteiger partial charge in [0.1, 0.15) is 5.60 Å². The van der Waals surface area contributed by atoms with E-state index in [1.165, 1.54) is 5.56 Å². The van der Waals surface area contributed by atoms with Crippen molar-refractivity contribution < 1.29 is 14.3 Å². The third-order valence-corrected chi connectivity index (χ3v) is 5.51. The molecule has 2 heterocycles. The summed E-state index contributed by atoms with van der Waals surface area (Å²) >= 11 is 0. The molecule has 0 aliphatic carbocycles. The van der Waals surface area contributed by atoms with Crippen molar-refractivity contribution in [3.8, 4) is 0 Å². The molecule has 0 aromatic heterocycles. The first-order chi connectivity index (χ1) is 14.4. The maximum absolute atomic E-state index is 12.4. The second-order valence-electron chi connectivity index (χ2n) is 9.11. The average molecular weight is 544 g/mol. The highest BCUT2D eigenvalue weighted by molar-refractivity contribution is 14.0. The number of guanidine groups is 1. The lowest BCUT2D eigenvalue weighted by molar-refractivity contribution is 0.0193. The van der Waals surface area contributed by atoms with Crippen LogP contribution in [0, 0.1) is 5.92 Å². The van der Waals surface area contributed by atoms with Crippen LogP contribution in [0.1, 0.15) is 51.7 Å². The number of nitrogens with zero attached hydrogens (tertiary/aromatic N) is 2. The standard InChI is InChI=1S/C23H36N4O3.HI/c1-23(2,3)30-22(28)27-13-8-11-19(16-27)26-21(24-4)25-15-18-12-14-29-20(18)17-9-6-5-7-10-17;/h5-7,9-10,18-20H,8,11-16H2,1-4H3,(H2,24,25,26);1H. The molecule has 0 spiro atoms. The molecule has 0 radical (unpaired) electrons. The van der Waals surface area contributed by atoms with Crippen LogP contribution in [0.25, 0.3) is 0 Å². The number of aliphatic imine (C=N–C) groups is 1. The number of hydrogen-bond acceptors (Lipinski definition) is 4. The quantitative estimate of drug-likeness (QED) is 0.341. The molecule has 31 heavy (non-hydrogen) atoms. The SMILES string of the molecule is CN=C(NCC1CCOC1c1ccccc1)NC1CCCN(C(=O)OC(C)(C)C)C1.I. The minimum atomic E-state index is -0.478. The zero-order chi connectivity index (χ0) is 21.6. The highest BCUT2D eigenvalue weighted by atomic mass is 127. The summed E-state index contributed by atoms with van der Waals surface area (Å²) in [4.78, 5) is 18.6. The van der Waals surface area contributed by atoms with Crippen LogP contribution in [0.15, 0.2) is 35.3 Å². The van der Waals surface area contributed by atoms with E-state index in [1.807, 2.05) is 26.8 Å². The molecule has 1 amide bonds. The first kappa shape index (κ1) is 25.7. The summed E-state index contributed by atoms with van der Waals surface area (Å²) in [6, 6.07) is 10.6. The highest BCUT2D eigenvalue weighted by Gasteiger charge is 2.31. The van der Waals surface area contributed by atoms with Crippen molar-refractivity contribution >= 4 is 36.0 Å². The molecule has 2 aliphatic heterocycles. The summed E-state index contributed by atoms with van der Waals surface area (Å²) in [5.74, 6) is 1.17. The lowest BCUT2D eigenvalue weighted by atomic mass is 9.95. The molecule has 174 valence electrons. The Morgan fingerprint density at radius 2 is 2.00 bits per heavy atom. The van der Waals surface area contributed by atoms with Crippen LogP contribution >= 0.6 is 24.0 Å². The monoisotopic (exact) mass is 544 g/mol. The Labute approximate surface area is 203 Å². The molecular formula is C23H37IN4O3. The van der Waals surface area contributed by atoms with Gasteiger partial charge >= 0.3 is 6.09 Å². The fourth-order valence-electron chi connectivity index (χ4n) is 4.06. The van der Waals surface area contributed by atoms with E-state index in [-0.39, 0.29) is 42.2 Å². The molecule has 3 unspecified atom stereocenters. The summed E-state index contributed by atoms with van der Waals surface area (Å²) in [5.41, 5.74) is 0.748. The van der Waals surface area contributed by atoms with E-state index < -0.39 is 5.60 Å². The van der Waals surface area contributed by atoms with Crippen LogP contribution in [0.3, 0.4) is 0 Å². The van der Waals surface area contributed by atoms with Crippen LogP contribution in [0.4, 0.5) is 4.79 Å². The number of ether oxygens (including phenoxy) is 2. The number of halogens is 1. The Kier molecular flexibility index (Phi) is 9.87. The van der Waals surface area contributed by atoms with Gasteiger partial charge in [-0.05, 0) is 45.6 Å². The van der Waals surface area contributed by atoms with Gasteiger partial charge in [0.15, 0.2) is 5.96 Å². The number of likely N-dealkylation sites (tertiary alicyclic amines) is 1. The predicted molar refractivity (Wildman–Crippen MR) is 134 cm³/mol. The molecule has 8 heteroatoms. The molecule has 0 bridgehead atoms. The zero-order valence-electron chi connectivity index (χ0n) is 19.1. The Balaban J connectivity index is 0.00000341. The molecule has 3 rings (SSSR count). The Morgan fingerprint density at radius 1 is 1.26 bits per heavy atom. The van der Waals surface area contributed by atoms with Crippen molar-refractivity contribution in [2.75, 3.05) is 33.3 Å². The van der Waals surface area contributed by atoms with Crippen LogP contribution in [-0.2, 0) is 9.47 Å². The van der Waals surface area contributed by atoms with E-state index in [4.69, 9.17) is 9.47 Å². The largest absolute Gasteiger partial charge is 0.444 e. The predicted octanol–water partition coefficient (Wildman–Crippen LogP) is 3.95. The number of carbonyl (C=O) groups is 1. The molecule has 2 fully saturated rings. The number of nitrogens with one attached hydrogen (secondary N) is 2. The Morgan fingerprint density at radius 3 is 2.68 bits per heavy atom. The number of benzene rings is 1. The van der Waals surface area contributed by atoms with Gasteiger partial charge in [-0.25, -0.2) is 4.79 Å². The van der Waals surface area contributed by atoms with Crippen molar-refractivity contribution in [3.05, 3.63) is 35.9 Å². The second-order valence-corrected chi connectivity index (χ2v) is 9.11. The minimum absolute atomic E-state index is 0. The molecule has 1 aromatic carbocycles. The summed E-state index contributed by atoms with van der Waals surface area (Å²) in [6.45, 7) is 8.61. The normalized spacial score (nSPS) is 24.3. The van der Waals surface area contributed by atoms with E-state index in [1.54, 1.807) is 11.9 Å². The van der Waals surface area contributed by atoms with Crippen molar-refractivity contribution in [2.24, 2.45) is 10.9 Å². The van der Waals surface area contributed by atoms with Crippen molar-refractivity contribution in [2.45, 2.75) is 57.8 Å². The average Bonchev–Trinajstić information content (AvgIpc) is 3.19. The molecular weight excluding hydrogens is 507 g/mol. The van der Waals surface area contributed by atoms with E-state index in [0.717, 1.165) is 44.9 Å². The van der Waals surface area contributed by atoms with E-state index in [9.17, 15) is 4.79 Å². The van der Waals surface area contributed by atoms with Gasteiger partial charge < -0.3 is 25.0 Å². The van der Waals surface area contributed by atoms with Crippen LogP contribution in [0.5, 0.6) is 0 Å². The number of carbonyl (C=O) groups excluding carboxylic acids is 1. The second kappa shape index (κ2) is 11.9. The third kappa shape index (κ3) is 7.82. The van der Waals surface area contributed by atoms with Gasteiger partial charge in [-0.15, -0.1) is 24.0 Å². The zero-order valence-corrected chi connectivity index (χ0v) is 21.4. The molecule has 2 saturated heterocycles. The molecule has 3 atom stereocenters. The maximum atomic E-state index is 12.4. The summed E-state index contributed by atoms with van der Waals surface area (Å²) in [6.07, 6.45) is 2.85. The Bertz CT molecular complexity index is 723. The van der Waals surface area contributed by atoms with Gasteiger partial charge in [0.2, 0.25) is 0 Å². The number of rotatable bonds is 4. The number of amides is 1. The Hall–Kier alpha value is -1.55. The van der Waals surface area contributed by atoms with Gasteiger partial charge in [-0.1, -0.05) is 30.3 Å². The van der Waals surface area contributed by atoms with E-state index >= 15 is 0 Å². The first-order valence-electron chi connectivity index (χ1n) is 11.0.